The van der Waals surface area contributed by atoms with Crippen molar-refractivity contribution in [2.24, 2.45) is 11.8 Å². The van der Waals surface area contributed by atoms with Gasteiger partial charge in [-0.05, 0) is 56.2 Å². The average molecular weight is 419 g/mol. The van der Waals surface area contributed by atoms with Gasteiger partial charge in [0.25, 0.3) is 0 Å². The van der Waals surface area contributed by atoms with Crippen molar-refractivity contribution >= 4 is 27.7 Å². The van der Waals surface area contributed by atoms with Crippen LogP contribution < -0.4 is 5.32 Å². The van der Waals surface area contributed by atoms with Gasteiger partial charge in [0, 0.05) is 41.4 Å². The fourth-order valence-electron chi connectivity index (χ4n) is 4.34. The Morgan fingerprint density at radius 1 is 1.12 bits per heavy atom. The van der Waals surface area contributed by atoms with Gasteiger partial charge in [-0.25, -0.2) is 0 Å². The molecule has 5 heteroatoms. The summed E-state index contributed by atoms with van der Waals surface area (Å²) in [6, 6.07) is 8.49. The van der Waals surface area contributed by atoms with Crippen molar-refractivity contribution in [3.63, 3.8) is 0 Å². The maximum atomic E-state index is 12.7. The normalized spacial score (nSPS) is 22.6. The first kappa shape index (κ1) is 18.0. The standard InChI is InChI=1S/C21H27BrN2O2/c22-18-4-1-3-17(13-18)21(9-2-10-21)14-23-19(25)15-7-11-24(12-8-15)20(26)16-5-6-16/h1,3-4,13,15-16H,2,5-12,14H2,(H,23,25). The highest BCUT2D eigenvalue weighted by molar-refractivity contribution is 9.10. The molecular formula is C21H27BrN2O2. The molecule has 0 aromatic heterocycles. The molecule has 1 aromatic carbocycles. The Balaban J connectivity index is 1.30. The van der Waals surface area contributed by atoms with Crippen molar-refractivity contribution < 1.29 is 9.59 Å². The zero-order chi connectivity index (χ0) is 18.1. The number of hydrogen-bond acceptors (Lipinski definition) is 2. The van der Waals surface area contributed by atoms with Crippen LogP contribution >= 0.6 is 15.9 Å². The first-order valence-electron chi connectivity index (χ1n) is 9.90. The van der Waals surface area contributed by atoms with Crippen LogP contribution in [0.5, 0.6) is 0 Å². The number of nitrogens with zero attached hydrogens (tertiary/aromatic N) is 1. The van der Waals surface area contributed by atoms with Crippen LogP contribution in [0, 0.1) is 11.8 Å². The topological polar surface area (TPSA) is 49.4 Å². The van der Waals surface area contributed by atoms with Gasteiger partial charge in [-0.15, -0.1) is 0 Å². The molecule has 2 saturated carbocycles. The van der Waals surface area contributed by atoms with E-state index in [-0.39, 0.29) is 23.2 Å². The highest BCUT2D eigenvalue weighted by Gasteiger charge is 2.40. The van der Waals surface area contributed by atoms with Crippen molar-refractivity contribution in [3.8, 4) is 0 Å². The first-order chi connectivity index (χ1) is 12.6. The van der Waals surface area contributed by atoms with Gasteiger partial charge in [0.05, 0.1) is 0 Å². The Kier molecular flexibility index (Phi) is 5.09. The lowest BCUT2D eigenvalue weighted by Gasteiger charge is -2.43. The lowest BCUT2D eigenvalue weighted by molar-refractivity contribution is -0.136. The summed E-state index contributed by atoms with van der Waals surface area (Å²) < 4.78 is 1.10. The van der Waals surface area contributed by atoms with Gasteiger partial charge in [-0.2, -0.15) is 0 Å². The van der Waals surface area contributed by atoms with Crippen LogP contribution in [0.3, 0.4) is 0 Å². The molecule has 1 aromatic rings. The molecule has 1 saturated heterocycles. The van der Waals surface area contributed by atoms with E-state index in [0.717, 1.165) is 62.6 Å². The van der Waals surface area contributed by atoms with E-state index in [0.29, 0.717) is 5.91 Å². The number of amides is 2. The van der Waals surface area contributed by atoms with E-state index in [4.69, 9.17) is 0 Å². The average Bonchev–Trinajstić information content (AvgIpc) is 3.45. The number of nitrogens with one attached hydrogen (secondary N) is 1. The molecule has 2 aliphatic carbocycles. The van der Waals surface area contributed by atoms with Crippen molar-refractivity contribution in [1.29, 1.82) is 0 Å². The molecule has 2 amide bonds. The second-order valence-electron chi connectivity index (χ2n) is 8.24. The Labute approximate surface area is 163 Å². The third kappa shape index (κ3) is 3.68. The summed E-state index contributed by atoms with van der Waals surface area (Å²) in [5.74, 6) is 0.818. The van der Waals surface area contributed by atoms with Gasteiger partial charge in [0.1, 0.15) is 0 Å². The molecule has 1 heterocycles. The SMILES string of the molecule is O=C(NCC1(c2cccc(Br)c2)CCC1)C1CCN(C(=O)C2CC2)CC1. The Bertz CT molecular complexity index is 689. The zero-order valence-corrected chi connectivity index (χ0v) is 16.8. The van der Waals surface area contributed by atoms with E-state index in [9.17, 15) is 9.59 Å². The van der Waals surface area contributed by atoms with Gasteiger partial charge < -0.3 is 10.2 Å². The number of rotatable bonds is 5. The predicted molar refractivity (Wildman–Crippen MR) is 105 cm³/mol. The molecule has 0 unspecified atom stereocenters. The van der Waals surface area contributed by atoms with Crippen molar-refractivity contribution in [2.75, 3.05) is 19.6 Å². The third-order valence-electron chi connectivity index (χ3n) is 6.45. The minimum Gasteiger partial charge on any atom is -0.355 e. The molecular weight excluding hydrogens is 392 g/mol. The zero-order valence-electron chi connectivity index (χ0n) is 15.2. The van der Waals surface area contributed by atoms with E-state index in [2.05, 4.69) is 39.4 Å². The van der Waals surface area contributed by atoms with Crippen LogP contribution in [0.1, 0.15) is 50.5 Å². The Morgan fingerprint density at radius 3 is 2.42 bits per heavy atom. The van der Waals surface area contributed by atoms with Gasteiger partial charge in [-0.3, -0.25) is 9.59 Å². The molecule has 1 N–H and O–H groups in total. The quantitative estimate of drug-likeness (QED) is 0.793. The molecule has 3 aliphatic rings. The van der Waals surface area contributed by atoms with E-state index < -0.39 is 0 Å². The lowest BCUT2D eigenvalue weighted by atomic mass is 9.64. The Morgan fingerprint density at radius 2 is 1.85 bits per heavy atom. The minimum atomic E-state index is 0.0536. The predicted octanol–water partition coefficient (Wildman–Crippen LogP) is 3.64. The van der Waals surface area contributed by atoms with Crippen LogP contribution in [0.4, 0.5) is 0 Å². The number of hydrogen-bond donors (Lipinski definition) is 1. The molecule has 1 aliphatic heterocycles. The van der Waals surface area contributed by atoms with Gasteiger partial charge in [0.15, 0.2) is 0 Å². The Hall–Kier alpha value is -1.36. The largest absolute Gasteiger partial charge is 0.355 e. The van der Waals surface area contributed by atoms with Gasteiger partial charge in [-0.1, -0.05) is 34.5 Å². The molecule has 3 fully saturated rings. The minimum absolute atomic E-state index is 0.0536. The summed E-state index contributed by atoms with van der Waals surface area (Å²) in [4.78, 5) is 26.8. The number of halogens is 1. The lowest BCUT2D eigenvalue weighted by Crippen LogP contribution is -2.49. The second kappa shape index (κ2) is 7.34. The highest BCUT2D eigenvalue weighted by atomic mass is 79.9. The fraction of sp³-hybridized carbons (Fsp3) is 0.619. The number of piperidine rings is 1. The first-order valence-corrected chi connectivity index (χ1v) is 10.7. The third-order valence-corrected chi connectivity index (χ3v) is 6.95. The van der Waals surface area contributed by atoms with E-state index in [1.165, 1.54) is 12.0 Å². The van der Waals surface area contributed by atoms with Crippen LogP contribution in [0.2, 0.25) is 0 Å². The maximum absolute atomic E-state index is 12.7. The van der Waals surface area contributed by atoms with Gasteiger partial charge >= 0.3 is 0 Å². The number of benzene rings is 1. The summed E-state index contributed by atoms with van der Waals surface area (Å²) >= 11 is 3.56. The molecule has 26 heavy (non-hydrogen) atoms. The molecule has 0 spiro atoms. The van der Waals surface area contributed by atoms with Crippen LogP contribution in [-0.4, -0.2) is 36.3 Å². The second-order valence-corrected chi connectivity index (χ2v) is 9.15. The monoisotopic (exact) mass is 418 g/mol. The number of carbonyl (C=O) groups excluding carboxylic acids is 2. The van der Waals surface area contributed by atoms with Crippen LogP contribution in [0.25, 0.3) is 0 Å². The van der Waals surface area contributed by atoms with E-state index in [1.807, 2.05) is 11.0 Å². The van der Waals surface area contributed by atoms with E-state index >= 15 is 0 Å². The number of likely N-dealkylation sites (tertiary alicyclic amines) is 1. The summed E-state index contributed by atoms with van der Waals surface area (Å²) in [6.07, 6.45) is 7.20. The van der Waals surface area contributed by atoms with E-state index in [1.54, 1.807) is 0 Å². The van der Waals surface area contributed by atoms with Crippen LogP contribution in [-0.2, 0) is 15.0 Å². The molecule has 0 radical (unpaired) electrons. The van der Waals surface area contributed by atoms with Crippen LogP contribution in [0.15, 0.2) is 28.7 Å². The summed E-state index contributed by atoms with van der Waals surface area (Å²) in [6.45, 7) is 2.21. The summed E-state index contributed by atoms with van der Waals surface area (Å²) in [5, 5.41) is 3.23. The summed E-state index contributed by atoms with van der Waals surface area (Å²) in [5.41, 5.74) is 1.42. The molecule has 0 atom stereocenters. The molecule has 140 valence electrons. The highest BCUT2D eigenvalue weighted by Crippen LogP contribution is 2.44. The fourth-order valence-corrected chi connectivity index (χ4v) is 4.74. The molecule has 4 nitrogen and oxygen atoms in total. The van der Waals surface area contributed by atoms with Crippen molar-refractivity contribution in [3.05, 3.63) is 34.3 Å². The number of carbonyl (C=O) groups is 2. The summed E-state index contributed by atoms with van der Waals surface area (Å²) in [7, 11) is 0. The smallest absolute Gasteiger partial charge is 0.225 e. The van der Waals surface area contributed by atoms with Gasteiger partial charge in [0.2, 0.25) is 11.8 Å². The maximum Gasteiger partial charge on any atom is 0.225 e. The van der Waals surface area contributed by atoms with Crippen molar-refractivity contribution in [2.45, 2.75) is 50.4 Å². The molecule has 4 rings (SSSR count). The van der Waals surface area contributed by atoms with Crippen molar-refractivity contribution in [1.82, 2.24) is 10.2 Å². The molecule has 0 bridgehead atoms.